The van der Waals surface area contributed by atoms with Gasteiger partial charge < -0.3 is 14.5 Å². The molecule has 0 aromatic heterocycles. The van der Waals surface area contributed by atoms with Crippen LogP contribution in [0.15, 0.2) is 72.8 Å². The minimum absolute atomic E-state index is 0.0733. The number of para-hydroxylation sites is 1. The zero-order valence-electron chi connectivity index (χ0n) is 16.3. The summed E-state index contributed by atoms with van der Waals surface area (Å²) in [6.07, 6.45) is 0. The molecule has 150 valence electrons. The van der Waals surface area contributed by atoms with E-state index in [2.05, 4.69) is 0 Å². The highest BCUT2D eigenvalue weighted by Crippen LogP contribution is 2.50. The van der Waals surface area contributed by atoms with Crippen LogP contribution in [0.5, 0.6) is 5.75 Å². The van der Waals surface area contributed by atoms with Crippen LogP contribution < -0.4 is 4.74 Å². The number of hydrogen-bond donors (Lipinski definition) is 0. The van der Waals surface area contributed by atoms with Gasteiger partial charge in [0.1, 0.15) is 5.75 Å². The summed E-state index contributed by atoms with van der Waals surface area (Å²) in [7, 11) is 1.55. The van der Waals surface area contributed by atoms with E-state index < -0.39 is 5.66 Å². The molecule has 0 saturated carbocycles. The van der Waals surface area contributed by atoms with E-state index >= 15 is 0 Å². The molecule has 6 heteroatoms. The molecule has 0 aliphatic carbocycles. The fourth-order valence-corrected chi connectivity index (χ4v) is 4.82. The topological polar surface area (TPSA) is 49.9 Å². The Bertz CT molecular complexity index is 1160. The van der Waals surface area contributed by atoms with Gasteiger partial charge in [0.25, 0.3) is 11.8 Å². The van der Waals surface area contributed by atoms with Crippen LogP contribution in [-0.4, -0.2) is 41.8 Å². The highest BCUT2D eigenvalue weighted by Gasteiger charge is 2.59. The molecule has 2 aliphatic rings. The second kappa shape index (κ2) is 6.89. The molecule has 5 nitrogen and oxygen atoms in total. The Morgan fingerprint density at radius 2 is 1.67 bits per heavy atom. The zero-order valence-corrected chi connectivity index (χ0v) is 17.1. The van der Waals surface area contributed by atoms with Crippen molar-refractivity contribution in [3.05, 3.63) is 100 Å². The molecule has 1 fully saturated rings. The van der Waals surface area contributed by atoms with Crippen LogP contribution in [-0.2, 0) is 5.66 Å². The molecule has 5 rings (SSSR count). The number of rotatable bonds is 3. The lowest BCUT2D eigenvalue weighted by molar-refractivity contribution is 0.0373. The third kappa shape index (κ3) is 2.42. The van der Waals surface area contributed by atoms with Crippen LogP contribution in [0.3, 0.4) is 0 Å². The van der Waals surface area contributed by atoms with Crippen LogP contribution >= 0.6 is 11.6 Å². The van der Waals surface area contributed by atoms with Gasteiger partial charge in [-0.15, -0.1) is 0 Å². The minimum Gasteiger partial charge on any atom is -0.496 e. The van der Waals surface area contributed by atoms with Crippen molar-refractivity contribution in [3.8, 4) is 5.75 Å². The number of halogens is 1. The van der Waals surface area contributed by atoms with Gasteiger partial charge in [0, 0.05) is 34.8 Å². The first-order valence-electron chi connectivity index (χ1n) is 9.71. The van der Waals surface area contributed by atoms with E-state index in [1.54, 1.807) is 41.2 Å². The van der Waals surface area contributed by atoms with Gasteiger partial charge in [0.05, 0.1) is 12.7 Å². The van der Waals surface area contributed by atoms with Gasteiger partial charge in [-0.25, -0.2) is 0 Å². The van der Waals surface area contributed by atoms with Crippen molar-refractivity contribution < 1.29 is 14.3 Å². The molecule has 1 saturated heterocycles. The third-order valence-electron chi connectivity index (χ3n) is 5.94. The van der Waals surface area contributed by atoms with Gasteiger partial charge in [-0.2, -0.15) is 0 Å². The maximum Gasteiger partial charge on any atom is 0.260 e. The average Bonchev–Trinajstić information content (AvgIpc) is 3.29. The monoisotopic (exact) mass is 418 g/mol. The molecule has 0 bridgehead atoms. The Morgan fingerprint density at radius 1 is 0.967 bits per heavy atom. The molecule has 2 amide bonds. The molecule has 2 heterocycles. The van der Waals surface area contributed by atoms with Crippen molar-refractivity contribution in [3.63, 3.8) is 0 Å². The number of nitrogens with zero attached hydrogens (tertiary/aromatic N) is 2. The zero-order chi connectivity index (χ0) is 20.9. The van der Waals surface area contributed by atoms with Gasteiger partial charge in [-0.1, -0.05) is 54.1 Å². The molecular weight excluding hydrogens is 400 g/mol. The molecule has 1 atom stereocenters. The van der Waals surface area contributed by atoms with E-state index in [0.29, 0.717) is 35.0 Å². The maximum atomic E-state index is 13.8. The summed E-state index contributed by atoms with van der Waals surface area (Å²) < 4.78 is 5.44. The molecule has 30 heavy (non-hydrogen) atoms. The van der Waals surface area contributed by atoms with E-state index in [4.69, 9.17) is 16.3 Å². The number of ether oxygens (including phenoxy) is 1. The van der Waals surface area contributed by atoms with Gasteiger partial charge in [0.2, 0.25) is 0 Å². The SMILES string of the molecule is COc1ccccc1C(=O)N1CCN2C(=O)c3ccccc3C12c1ccc(Cl)cc1. The predicted molar refractivity (Wildman–Crippen MR) is 114 cm³/mol. The molecule has 3 aromatic carbocycles. The maximum absolute atomic E-state index is 13.8. The summed E-state index contributed by atoms with van der Waals surface area (Å²) in [5, 5.41) is 0.597. The van der Waals surface area contributed by atoms with Gasteiger partial charge in [-0.3, -0.25) is 9.59 Å². The van der Waals surface area contributed by atoms with Crippen molar-refractivity contribution >= 4 is 23.4 Å². The molecule has 0 radical (unpaired) electrons. The Labute approximate surface area is 179 Å². The smallest absolute Gasteiger partial charge is 0.260 e. The van der Waals surface area contributed by atoms with Crippen molar-refractivity contribution in [2.24, 2.45) is 0 Å². The number of fused-ring (bicyclic) bond motifs is 3. The first kappa shape index (κ1) is 18.7. The van der Waals surface area contributed by atoms with Crippen molar-refractivity contribution in [1.29, 1.82) is 0 Å². The second-order valence-corrected chi connectivity index (χ2v) is 7.77. The lowest BCUT2D eigenvalue weighted by atomic mass is 9.89. The van der Waals surface area contributed by atoms with Gasteiger partial charge in [0.15, 0.2) is 5.66 Å². The largest absolute Gasteiger partial charge is 0.496 e. The number of amides is 2. The van der Waals surface area contributed by atoms with Crippen LogP contribution in [0.2, 0.25) is 5.02 Å². The Kier molecular flexibility index (Phi) is 4.29. The highest BCUT2D eigenvalue weighted by atomic mass is 35.5. The summed E-state index contributed by atoms with van der Waals surface area (Å²) in [5.41, 5.74) is 1.69. The molecule has 2 aliphatic heterocycles. The average molecular weight is 419 g/mol. The predicted octanol–water partition coefficient (Wildman–Crippen LogP) is 4.16. The van der Waals surface area contributed by atoms with E-state index in [0.717, 1.165) is 11.1 Å². The van der Waals surface area contributed by atoms with E-state index in [9.17, 15) is 9.59 Å². The first-order valence-corrected chi connectivity index (χ1v) is 10.1. The van der Waals surface area contributed by atoms with Crippen LogP contribution in [0.4, 0.5) is 0 Å². The Balaban J connectivity index is 1.75. The summed E-state index contributed by atoms with van der Waals surface area (Å²) in [5.74, 6) is 0.245. The van der Waals surface area contributed by atoms with Crippen LogP contribution in [0.25, 0.3) is 0 Å². The summed E-state index contributed by atoms with van der Waals surface area (Å²) >= 11 is 6.14. The normalized spacial score (nSPS) is 19.6. The number of carbonyl (C=O) groups is 2. The summed E-state index contributed by atoms with van der Waals surface area (Å²) in [4.78, 5) is 30.7. The number of benzene rings is 3. The number of methoxy groups -OCH3 is 1. The lowest BCUT2D eigenvalue weighted by Crippen LogP contribution is -2.51. The number of hydrogen-bond acceptors (Lipinski definition) is 3. The number of carbonyl (C=O) groups excluding carboxylic acids is 2. The third-order valence-corrected chi connectivity index (χ3v) is 6.19. The van der Waals surface area contributed by atoms with E-state index in [1.165, 1.54) is 0 Å². The highest BCUT2D eigenvalue weighted by molar-refractivity contribution is 6.30. The molecule has 0 N–H and O–H groups in total. The Hall–Kier alpha value is -3.31. The molecule has 1 unspecified atom stereocenters. The van der Waals surface area contributed by atoms with Crippen molar-refractivity contribution in [1.82, 2.24) is 9.80 Å². The van der Waals surface area contributed by atoms with Crippen molar-refractivity contribution in [2.75, 3.05) is 20.2 Å². The van der Waals surface area contributed by atoms with Gasteiger partial charge >= 0.3 is 0 Å². The lowest BCUT2D eigenvalue weighted by Gasteiger charge is -2.40. The quantitative estimate of drug-likeness (QED) is 0.641. The van der Waals surface area contributed by atoms with E-state index in [1.807, 2.05) is 48.5 Å². The molecule has 0 spiro atoms. The summed E-state index contributed by atoms with van der Waals surface area (Å²) in [6.45, 7) is 0.858. The summed E-state index contributed by atoms with van der Waals surface area (Å²) in [6, 6.07) is 22.0. The standard InChI is InChI=1S/C24H19ClN2O3/c1-30-21-9-5-3-7-19(21)23(29)27-15-14-26-22(28)18-6-2-4-8-20(18)24(26,27)16-10-12-17(25)13-11-16/h2-13H,14-15H2,1H3. The second-order valence-electron chi connectivity index (χ2n) is 7.34. The molecular formula is C24H19ClN2O3. The first-order chi connectivity index (χ1) is 14.6. The fraction of sp³-hybridized carbons (Fsp3) is 0.167. The van der Waals surface area contributed by atoms with Crippen LogP contribution in [0, 0.1) is 0 Å². The van der Waals surface area contributed by atoms with Gasteiger partial charge in [-0.05, 0) is 30.3 Å². The minimum atomic E-state index is -1.02. The van der Waals surface area contributed by atoms with Crippen LogP contribution in [0.1, 0.15) is 31.8 Å². The van der Waals surface area contributed by atoms with Crippen molar-refractivity contribution in [2.45, 2.75) is 5.66 Å². The van der Waals surface area contributed by atoms with E-state index in [-0.39, 0.29) is 11.8 Å². The fourth-order valence-electron chi connectivity index (χ4n) is 4.69. The molecule has 3 aromatic rings. The Morgan fingerprint density at radius 3 is 2.43 bits per heavy atom.